The predicted octanol–water partition coefficient (Wildman–Crippen LogP) is 2.71. The van der Waals surface area contributed by atoms with E-state index in [4.69, 9.17) is 0 Å². The van der Waals surface area contributed by atoms with Crippen molar-refractivity contribution in [2.24, 2.45) is 7.05 Å². The second-order valence-corrected chi connectivity index (χ2v) is 7.49. The van der Waals surface area contributed by atoms with Crippen LogP contribution in [0.5, 0.6) is 0 Å². The number of fused-ring (bicyclic) bond motifs is 1. The summed E-state index contributed by atoms with van der Waals surface area (Å²) in [5.41, 5.74) is 2.50. The van der Waals surface area contributed by atoms with Crippen LogP contribution in [0.15, 0.2) is 53.4 Å². The summed E-state index contributed by atoms with van der Waals surface area (Å²) in [4.78, 5) is 17.9. The summed E-state index contributed by atoms with van der Waals surface area (Å²) in [7, 11) is 1.90. The molecule has 0 spiro atoms. The third kappa shape index (κ3) is 3.35. The summed E-state index contributed by atoms with van der Waals surface area (Å²) in [6.07, 6.45) is 3.57. The largest absolute Gasteiger partial charge is 0.350 e. The zero-order chi connectivity index (χ0) is 17.9. The molecule has 0 radical (unpaired) electrons. The molecule has 4 aromatic rings. The number of benzene rings is 1. The van der Waals surface area contributed by atoms with Crippen LogP contribution in [-0.2, 0) is 7.05 Å². The van der Waals surface area contributed by atoms with E-state index in [1.807, 2.05) is 57.9 Å². The van der Waals surface area contributed by atoms with Gasteiger partial charge in [-0.25, -0.2) is 4.98 Å². The summed E-state index contributed by atoms with van der Waals surface area (Å²) in [6, 6.07) is 9.95. The van der Waals surface area contributed by atoms with Crippen molar-refractivity contribution in [3.05, 3.63) is 53.9 Å². The number of aryl methyl sites for hydroxylation is 1. The van der Waals surface area contributed by atoms with Gasteiger partial charge in [-0.3, -0.25) is 9.20 Å². The van der Waals surface area contributed by atoms with E-state index in [-0.39, 0.29) is 5.91 Å². The van der Waals surface area contributed by atoms with Gasteiger partial charge in [-0.1, -0.05) is 42.1 Å². The number of amides is 1. The van der Waals surface area contributed by atoms with E-state index >= 15 is 0 Å². The van der Waals surface area contributed by atoms with Crippen LogP contribution < -0.4 is 5.32 Å². The normalized spacial score (nSPS) is 11.1. The maximum Gasteiger partial charge on any atom is 0.269 e. The lowest BCUT2D eigenvalue weighted by Crippen LogP contribution is -2.26. The fourth-order valence-corrected chi connectivity index (χ4v) is 4.09. The highest BCUT2D eigenvalue weighted by atomic mass is 32.2. The fourth-order valence-electron chi connectivity index (χ4n) is 2.50. The zero-order valence-corrected chi connectivity index (χ0v) is 15.6. The van der Waals surface area contributed by atoms with E-state index in [2.05, 4.69) is 20.5 Å². The minimum absolute atomic E-state index is 0.105. The van der Waals surface area contributed by atoms with E-state index in [1.165, 1.54) is 11.3 Å². The fraction of sp³-hybridized carbons (Fsp3) is 0.176. The van der Waals surface area contributed by atoms with E-state index in [1.54, 1.807) is 18.1 Å². The molecule has 0 bridgehead atoms. The van der Waals surface area contributed by atoms with Crippen molar-refractivity contribution in [1.29, 1.82) is 0 Å². The van der Waals surface area contributed by atoms with Gasteiger partial charge in [-0.2, -0.15) is 0 Å². The first-order valence-corrected chi connectivity index (χ1v) is 9.86. The van der Waals surface area contributed by atoms with Crippen LogP contribution in [0.2, 0.25) is 0 Å². The van der Waals surface area contributed by atoms with Gasteiger partial charge in [0.2, 0.25) is 0 Å². The number of rotatable bonds is 6. The monoisotopic (exact) mass is 384 g/mol. The van der Waals surface area contributed by atoms with Crippen LogP contribution in [0.3, 0.4) is 0 Å². The molecule has 0 saturated heterocycles. The second kappa shape index (κ2) is 7.30. The first kappa shape index (κ1) is 16.8. The number of nitrogens with zero attached hydrogens (tertiary/aromatic N) is 5. The van der Waals surface area contributed by atoms with Crippen LogP contribution in [-0.4, -0.2) is 42.4 Å². The minimum Gasteiger partial charge on any atom is -0.350 e. The SMILES string of the molecule is Cn1cnnc1SCCNC(=O)c1csc2nc(-c3ccccc3)cn12. The molecule has 0 fully saturated rings. The molecule has 3 aromatic heterocycles. The van der Waals surface area contributed by atoms with Gasteiger partial charge in [0, 0.05) is 36.5 Å². The number of carbonyl (C=O) groups is 1. The number of imidazole rings is 1. The lowest BCUT2D eigenvalue weighted by Gasteiger charge is -2.04. The Balaban J connectivity index is 1.42. The Bertz CT molecular complexity index is 1040. The average Bonchev–Trinajstić information content (AvgIpc) is 3.35. The summed E-state index contributed by atoms with van der Waals surface area (Å²) >= 11 is 3.02. The molecule has 0 aliphatic carbocycles. The Morgan fingerprint density at radius 2 is 2.15 bits per heavy atom. The van der Waals surface area contributed by atoms with Gasteiger partial charge < -0.3 is 9.88 Å². The quantitative estimate of drug-likeness (QED) is 0.409. The Morgan fingerprint density at radius 1 is 1.31 bits per heavy atom. The van der Waals surface area contributed by atoms with Crippen molar-refractivity contribution in [1.82, 2.24) is 29.5 Å². The standard InChI is InChI=1S/C17H16N6OS2/c1-22-11-19-21-17(22)25-8-7-18-15(24)14-10-26-16-20-13(9-23(14)16)12-5-3-2-4-6-12/h2-6,9-11H,7-8H2,1H3,(H,18,24). The van der Waals surface area contributed by atoms with Crippen molar-refractivity contribution in [3.8, 4) is 11.3 Å². The zero-order valence-electron chi connectivity index (χ0n) is 14.0. The Hall–Kier alpha value is -2.65. The lowest BCUT2D eigenvalue weighted by molar-refractivity contribution is 0.0950. The van der Waals surface area contributed by atoms with Crippen molar-refractivity contribution in [2.45, 2.75) is 5.16 Å². The van der Waals surface area contributed by atoms with E-state index in [0.29, 0.717) is 12.2 Å². The number of hydrogen-bond acceptors (Lipinski definition) is 6. The van der Waals surface area contributed by atoms with Gasteiger partial charge in [0.25, 0.3) is 5.91 Å². The molecular weight excluding hydrogens is 368 g/mol. The Labute approximate surface area is 158 Å². The van der Waals surface area contributed by atoms with Crippen LogP contribution in [0.25, 0.3) is 16.2 Å². The maximum absolute atomic E-state index is 12.5. The number of aromatic nitrogens is 5. The van der Waals surface area contributed by atoms with E-state index in [0.717, 1.165) is 27.1 Å². The molecule has 0 unspecified atom stereocenters. The summed E-state index contributed by atoms with van der Waals surface area (Å²) in [6.45, 7) is 0.550. The lowest BCUT2D eigenvalue weighted by atomic mass is 10.2. The third-order valence-corrected chi connectivity index (χ3v) is 5.68. The topological polar surface area (TPSA) is 77.1 Å². The minimum atomic E-state index is -0.105. The molecular formula is C17H16N6OS2. The first-order valence-electron chi connectivity index (χ1n) is 7.99. The van der Waals surface area contributed by atoms with E-state index < -0.39 is 0 Å². The molecule has 7 nitrogen and oxygen atoms in total. The average molecular weight is 384 g/mol. The number of hydrogen-bond donors (Lipinski definition) is 1. The molecule has 1 amide bonds. The highest BCUT2D eigenvalue weighted by molar-refractivity contribution is 7.99. The highest BCUT2D eigenvalue weighted by Gasteiger charge is 2.15. The molecule has 0 atom stereocenters. The molecule has 4 rings (SSSR count). The summed E-state index contributed by atoms with van der Waals surface area (Å²) in [5, 5.41) is 13.5. The third-order valence-electron chi connectivity index (χ3n) is 3.80. The van der Waals surface area contributed by atoms with Gasteiger partial charge in [-0.15, -0.1) is 21.5 Å². The highest BCUT2D eigenvalue weighted by Crippen LogP contribution is 2.23. The van der Waals surface area contributed by atoms with Crippen LogP contribution in [0, 0.1) is 0 Å². The smallest absolute Gasteiger partial charge is 0.269 e. The van der Waals surface area contributed by atoms with Crippen LogP contribution >= 0.6 is 23.1 Å². The maximum atomic E-state index is 12.5. The van der Waals surface area contributed by atoms with Crippen molar-refractivity contribution in [3.63, 3.8) is 0 Å². The van der Waals surface area contributed by atoms with E-state index in [9.17, 15) is 4.79 Å². The van der Waals surface area contributed by atoms with Gasteiger partial charge in [-0.05, 0) is 0 Å². The van der Waals surface area contributed by atoms with Crippen LogP contribution in [0.4, 0.5) is 0 Å². The molecule has 1 aromatic carbocycles. The number of thioether (sulfide) groups is 1. The van der Waals surface area contributed by atoms with Gasteiger partial charge >= 0.3 is 0 Å². The summed E-state index contributed by atoms with van der Waals surface area (Å²) < 4.78 is 3.70. The molecule has 3 heterocycles. The van der Waals surface area contributed by atoms with Crippen molar-refractivity contribution >= 4 is 34.0 Å². The molecule has 0 aliphatic heterocycles. The van der Waals surface area contributed by atoms with Crippen molar-refractivity contribution < 1.29 is 4.79 Å². The molecule has 9 heteroatoms. The number of nitrogens with one attached hydrogen (secondary N) is 1. The summed E-state index contributed by atoms with van der Waals surface area (Å²) in [5.74, 6) is 0.622. The molecule has 0 aliphatic rings. The second-order valence-electron chi connectivity index (χ2n) is 5.59. The van der Waals surface area contributed by atoms with Crippen molar-refractivity contribution in [2.75, 3.05) is 12.3 Å². The van der Waals surface area contributed by atoms with Gasteiger partial charge in [0.05, 0.1) is 5.69 Å². The molecule has 132 valence electrons. The van der Waals surface area contributed by atoms with Gasteiger partial charge in [0.15, 0.2) is 10.1 Å². The Morgan fingerprint density at radius 3 is 2.92 bits per heavy atom. The molecule has 1 N–H and O–H groups in total. The van der Waals surface area contributed by atoms with Crippen LogP contribution in [0.1, 0.15) is 10.5 Å². The number of carbonyl (C=O) groups excluding carboxylic acids is 1. The van der Waals surface area contributed by atoms with Gasteiger partial charge in [0.1, 0.15) is 12.0 Å². The molecule has 26 heavy (non-hydrogen) atoms. The Kier molecular flexibility index (Phi) is 4.72. The molecule has 0 saturated carbocycles. The number of thiazole rings is 1. The predicted molar refractivity (Wildman–Crippen MR) is 103 cm³/mol. The first-order chi connectivity index (χ1) is 12.7.